The van der Waals surface area contributed by atoms with E-state index in [0.29, 0.717) is 22.7 Å². The summed E-state index contributed by atoms with van der Waals surface area (Å²) in [6, 6.07) is 14.1. The fourth-order valence-corrected chi connectivity index (χ4v) is 3.01. The van der Waals surface area contributed by atoms with E-state index in [2.05, 4.69) is 10.6 Å². The molecule has 1 aliphatic rings. The summed E-state index contributed by atoms with van der Waals surface area (Å²) in [6.45, 7) is 3.77. The van der Waals surface area contributed by atoms with Crippen molar-refractivity contribution in [3.63, 3.8) is 0 Å². The van der Waals surface area contributed by atoms with Gasteiger partial charge in [0.2, 0.25) is 0 Å². The molecule has 1 aliphatic heterocycles. The zero-order chi connectivity index (χ0) is 19.6. The molecule has 3 amide bonds. The number of carbonyl (C=O) groups excluding carboxylic acids is 2. The molecule has 0 saturated heterocycles. The monoisotopic (exact) mass is 365 g/mol. The molecule has 0 fully saturated rings. The molecule has 0 saturated carbocycles. The Labute approximate surface area is 158 Å². The average Bonchev–Trinajstić information content (AvgIpc) is 2.67. The van der Waals surface area contributed by atoms with Crippen LogP contribution in [0.1, 0.15) is 24.1 Å². The summed E-state index contributed by atoms with van der Waals surface area (Å²) in [5.41, 5.74) is 3.75. The third kappa shape index (κ3) is 3.79. The van der Waals surface area contributed by atoms with Crippen molar-refractivity contribution in [3.8, 4) is 5.75 Å². The summed E-state index contributed by atoms with van der Waals surface area (Å²) in [7, 11) is 3.24. The standard InChI is InChI=1S/C21H23N3O3/c1-13-5-9-16(10-6-13)22-20(25)18-14(2)24(3)21(26)23-19(18)15-7-11-17(27-4)12-8-15/h5-12,19H,1-4H3,(H,22,25)(H,23,26)/t19-/m1/s1. The van der Waals surface area contributed by atoms with Crippen LogP contribution in [0.2, 0.25) is 0 Å². The van der Waals surface area contributed by atoms with Crippen molar-refractivity contribution in [1.29, 1.82) is 0 Å². The number of anilines is 1. The Bertz CT molecular complexity index is 886. The molecule has 27 heavy (non-hydrogen) atoms. The number of urea groups is 1. The predicted octanol–water partition coefficient (Wildman–Crippen LogP) is 3.61. The van der Waals surface area contributed by atoms with Crippen LogP contribution in [-0.2, 0) is 4.79 Å². The summed E-state index contributed by atoms with van der Waals surface area (Å²) in [6.07, 6.45) is 0. The van der Waals surface area contributed by atoms with E-state index in [1.807, 2.05) is 55.5 Å². The van der Waals surface area contributed by atoms with Crippen LogP contribution < -0.4 is 15.4 Å². The van der Waals surface area contributed by atoms with Crippen LogP contribution in [0.4, 0.5) is 10.5 Å². The minimum Gasteiger partial charge on any atom is -0.497 e. The van der Waals surface area contributed by atoms with Crippen molar-refractivity contribution in [3.05, 3.63) is 70.9 Å². The summed E-state index contributed by atoms with van der Waals surface area (Å²) in [5, 5.41) is 5.83. The largest absolute Gasteiger partial charge is 0.497 e. The van der Waals surface area contributed by atoms with Crippen molar-refractivity contribution >= 4 is 17.6 Å². The minimum absolute atomic E-state index is 0.246. The normalized spacial score (nSPS) is 16.8. The quantitative estimate of drug-likeness (QED) is 0.869. The summed E-state index contributed by atoms with van der Waals surface area (Å²) in [4.78, 5) is 26.8. The van der Waals surface area contributed by atoms with Gasteiger partial charge in [0.25, 0.3) is 5.91 Å². The fraction of sp³-hybridized carbons (Fsp3) is 0.238. The van der Waals surface area contributed by atoms with Crippen LogP contribution in [0.15, 0.2) is 59.8 Å². The molecule has 0 bridgehead atoms. The topological polar surface area (TPSA) is 70.7 Å². The van der Waals surface area contributed by atoms with Gasteiger partial charge in [0.1, 0.15) is 5.75 Å². The van der Waals surface area contributed by atoms with E-state index in [1.54, 1.807) is 21.1 Å². The van der Waals surface area contributed by atoms with Crippen LogP contribution in [-0.4, -0.2) is 31.0 Å². The molecule has 0 radical (unpaired) electrons. The molecule has 6 heteroatoms. The van der Waals surface area contributed by atoms with Crippen LogP contribution in [0.3, 0.4) is 0 Å². The van der Waals surface area contributed by atoms with Crippen LogP contribution >= 0.6 is 0 Å². The fourth-order valence-electron chi connectivity index (χ4n) is 3.01. The van der Waals surface area contributed by atoms with E-state index in [-0.39, 0.29) is 11.9 Å². The number of hydrogen-bond donors (Lipinski definition) is 2. The van der Waals surface area contributed by atoms with Crippen LogP contribution in [0, 0.1) is 6.92 Å². The van der Waals surface area contributed by atoms with Gasteiger partial charge in [-0.25, -0.2) is 4.79 Å². The lowest BCUT2D eigenvalue weighted by Gasteiger charge is -2.33. The van der Waals surface area contributed by atoms with E-state index < -0.39 is 6.04 Å². The van der Waals surface area contributed by atoms with Gasteiger partial charge in [-0.15, -0.1) is 0 Å². The SMILES string of the molecule is COc1ccc([C@H]2NC(=O)N(C)C(C)=C2C(=O)Nc2ccc(C)cc2)cc1. The third-order valence-corrected chi connectivity index (χ3v) is 4.76. The van der Waals surface area contributed by atoms with E-state index in [1.165, 1.54) is 4.90 Å². The molecule has 0 unspecified atom stereocenters. The van der Waals surface area contributed by atoms with E-state index in [4.69, 9.17) is 4.74 Å². The third-order valence-electron chi connectivity index (χ3n) is 4.76. The molecule has 3 rings (SSSR count). The second-order valence-electron chi connectivity index (χ2n) is 6.53. The van der Waals surface area contributed by atoms with Crippen molar-refractivity contribution in [1.82, 2.24) is 10.2 Å². The summed E-state index contributed by atoms with van der Waals surface area (Å²) >= 11 is 0. The molecule has 1 atom stereocenters. The number of methoxy groups -OCH3 is 1. The number of amides is 3. The van der Waals surface area contributed by atoms with Crippen LogP contribution in [0.25, 0.3) is 0 Å². The van der Waals surface area contributed by atoms with Crippen LogP contribution in [0.5, 0.6) is 5.75 Å². The lowest BCUT2D eigenvalue weighted by atomic mass is 9.94. The molecule has 2 aromatic carbocycles. The van der Waals surface area contributed by atoms with E-state index in [0.717, 1.165) is 11.1 Å². The maximum absolute atomic E-state index is 13.1. The molecule has 2 N–H and O–H groups in total. The Morgan fingerprint density at radius 1 is 1.07 bits per heavy atom. The number of benzene rings is 2. The highest BCUT2D eigenvalue weighted by atomic mass is 16.5. The Morgan fingerprint density at radius 3 is 2.30 bits per heavy atom. The van der Waals surface area contributed by atoms with Gasteiger partial charge in [-0.05, 0) is 43.7 Å². The lowest BCUT2D eigenvalue weighted by Crippen LogP contribution is -2.46. The number of aryl methyl sites for hydroxylation is 1. The van der Waals surface area contributed by atoms with Crippen molar-refractivity contribution in [2.45, 2.75) is 19.9 Å². The van der Waals surface area contributed by atoms with Gasteiger partial charge in [-0.2, -0.15) is 0 Å². The summed E-state index contributed by atoms with van der Waals surface area (Å²) < 4.78 is 5.19. The van der Waals surface area contributed by atoms with Gasteiger partial charge in [-0.1, -0.05) is 29.8 Å². The lowest BCUT2D eigenvalue weighted by molar-refractivity contribution is -0.113. The molecular formula is C21H23N3O3. The zero-order valence-corrected chi connectivity index (χ0v) is 15.9. The highest BCUT2D eigenvalue weighted by molar-refractivity contribution is 6.06. The van der Waals surface area contributed by atoms with Gasteiger partial charge in [0, 0.05) is 18.4 Å². The molecule has 140 valence electrons. The maximum Gasteiger partial charge on any atom is 0.322 e. The smallest absolute Gasteiger partial charge is 0.322 e. The molecule has 0 aliphatic carbocycles. The first-order valence-electron chi connectivity index (χ1n) is 8.67. The molecule has 0 spiro atoms. The number of nitrogens with one attached hydrogen (secondary N) is 2. The van der Waals surface area contributed by atoms with Gasteiger partial charge in [0.05, 0.1) is 18.7 Å². The van der Waals surface area contributed by atoms with Crippen molar-refractivity contribution < 1.29 is 14.3 Å². The molecular weight excluding hydrogens is 342 g/mol. The number of hydrogen-bond acceptors (Lipinski definition) is 3. The maximum atomic E-state index is 13.1. The second kappa shape index (κ2) is 7.53. The minimum atomic E-state index is -0.537. The van der Waals surface area contributed by atoms with E-state index in [9.17, 15) is 9.59 Å². The first kappa shape index (κ1) is 18.5. The predicted molar refractivity (Wildman–Crippen MR) is 105 cm³/mol. The number of carbonyl (C=O) groups is 2. The average molecular weight is 365 g/mol. The van der Waals surface area contributed by atoms with Crippen molar-refractivity contribution in [2.24, 2.45) is 0 Å². The number of nitrogens with zero attached hydrogens (tertiary/aromatic N) is 1. The number of rotatable bonds is 4. The van der Waals surface area contributed by atoms with Gasteiger partial charge in [0.15, 0.2) is 0 Å². The first-order valence-corrected chi connectivity index (χ1v) is 8.67. The Kier molecular flexibility index (Phi) is 5.16. The van der Waals surface area contributed by atoms with Gasteiger partial charge >= 0.3 is 6.03 Å². The Balaban J connectivity index is 1.96. The van der Waals surface area contributed by atoms with E-state index >= 15 is 0 Å². The Hall–Kier alpha value is -3.28. The van der Waals surface area contributed by atoms with Gasteiger partial charge < -0.3 is 20.3 Å². The molecule has 0 aromatic heterocycles. The first-order chi connectivity index (χ1) is 12.9. The highest BCUT2D eigenvalue weighted by Gasteiger charge is 2.34. The Morgan fingerprint density at radius 2 is 1.70 bits per heavy atom. The second-order valence-corrected chi connectivity index (χ2v) is 6.53. The van der Waals surface area contributed by atoms with Crippen molar-refractivity contribution in [2.75, 3.05) is 19.5 Å². The zero-order valence-electron chi connectivity index (χ0n) is 15.9. The highest BCUT2D eigenvalue weighted by Crippen LogP contribution is 2.31. The summed E-state index contributed by atoms with van der Waals surface area (Å²) in [5.74, 6) is 0.466. The number of ether oxygens (including phenoxy) is 1. The number of allylic oxidation sites excluding steroid dienone is 1. The molecule has 2 aromatic rings. The molecule has 1 heterocycles. The van der Waals surface area contributed by atoms with Gasteiger partial charge in [-0.3, -0.25) is 4.79 Å². The molecule has 6 nitrogen and oxygen atoms in total.